The molecule has 0 spiro atoms. The number of aliphatic hydroxyl groups is 2. The number of rotatable bonds is 30. The Hall–Kier alpha value is -0.760. The Morgan fingerprint density at radius 3 is 1.13 bits per heavy atom. The molecular weight excluding hydrogens is 881 g/mol. The smallest absolute Gasteiger partial charge is 0.154 e. The summed E-state index contributed by atoms with van der Waals surface area (Å²) in [6.07, 6.45) is 5.57. The average molecular weight is 987 g/mol. The van der Waals surface area contributed by atoms with Gasteiger partial charge in [0, 0.05) is 76.7 Å². The Morgan fingerprint density at radius 2 is 0.940 bits per heavy atom. The Bertz CT molecular complexity index is 820. The molecule has 10 atom stereocenters. The summed E-state index contributed by atoms with van der Waals surface area (Å²) in [5.41, 5.74) is 0. The highest BCUT2D eigenvalue weighted by Gasteiger charge is 2.23. The molecule has 0 aromatic heterocycles. The zero-order valence-electron chi connectivity index (χ0n) is 45.8. The van der Waals surface area contributed by atoms with Crippen LogP contribution in [-0.2, 0) is 80.5 Å². The summed E-state index contributed by atoms with van der Waals surface area (Å²) in [6, 6.07) is 0. The highest BCUT2D eigenvalue weighted by Crippen LogP contribution is 2.10. The third-order valence-corrected chi connectivity index (χ3v) is 8.69. The SMILES string of the molecule is C1CO1.CC1CO1.CCC(C)OC.CCC(CO)OC.CCCOC.CCOC(C)OCC(CC)OC.CCOC(C)OCC1CO1.COCC(COCC(COC)OC)OC.OCC1CO1. The molecule has 0 radical (unpaired) electrons. The van der Waals surface area contributed by atoms with Crippen molar-refractivity contribution >= 4 is 0 Å². The van der Waals surface area contributed by atoms with Gasteiger partial charge in [0.2, 0.25) is 0 Å². The van der Waals surface area contributed by atoms with E-state index in [1.807, 2.05) is 34.6 Å². The number of ether oxygens (including phenoxy) is 17. The minimum absolute atomic E-state index is 0.0324. The monoisotopic (exact) mass is 987 g/mol. The van der Waals surface area contributed by atoms with E-state index in [1.54, 1.807) is 56.9 Å². The Balaban J connectivity index is -0.000000224. The number of hydrogen-bond donors (Lipinski definition) is 2. The van der Waals surface area contributed by atoms with Crippen LogP contribution in [0, 0.1) is 0 Å². The van der Waals surface area contributed by atoms with Crippen molar-refractivity contribution in [3.05, 3.63) is 0 Å². The second kappa shape index (κ2) is 61.4. The van der Waals surface area contributed by atoms with Crippen molar-refractivity contribution in [3.63, 3.8) is 0 Å². The van der Waals surface area contributed by atoms with Crippen LogP contribution in [0.15, 0.2) is 0 Å². The van der Waals surface area contributed by atoms with Gasteiger partial charge in [0.05, 0.1) is 110 Å². The van der Waals surface area contributed by atoms with Crippen LogP contribution in [0.1, 0.15) is 94.9 Å². The molecule has 2 N–H and O–H groups in total. The third-order valence-electron chi connectivity index (χ3n) is 8.69. The highest BCUT2D eigenvalue weighted by atomic mass is 16.7. The second-order valence-electron chi connectivity index (χ2n) is 14.9. The molecule has 4 saturated heterocycles. The molecule has 19 heteroatoms. The van der Waals surface area contributed by atoms with Crippen LogP contribution in [0.5, 0.6) is 0 Å². The lowest BCUT2D eigenvalue weighted by molar-refractivity contribution is -0.147. The lowest BCUT2D eigenvalue weighted by Crippen LogP contribution is -2.29. The van der Waals surface area contributed by atoms with Crippen LogP contribution in [0.3, 0.4) is 0 Å². The molecule has 0 amide bonds. The van der Waals surface area contributed by atoms with Gasteiger partial charge in [0.25, 0.3) is 0 Å². The Morgan fingerprint density at radius 1 is 0.507 bits per heavy atom. The molecule has 0 aliphatic carbocycles. The third kappa shape index (κ3) is 74.3. The normalized spacial score (nSPS) is 19.6. The van der Waals surface area contributed by atoms with Crippen LogP contribution in [0.2, 0.25) is 0 Å². The molecule has 0 bridgehead atoms. The van der Waals surface area contributed by atoms with Gasteiger partial charge in [-0.15, -0.1) is 0 Å². The van der Waals surface area contributed by atoms with Gasteiger partial charge < -0.3 is 90.7 Å². The summed E-state index contributed by atoms with van der Waals surface area (Å²) in [7, 11) is 13.3. The summed E-state index contributed by atoms with van der Waals surface area (Å²) in [5.74, 6) is 0. The van der Waals surface area contributed by atoms with Gasteiger partial charge in [0.15, 0.2) is 12.6 Å². The van der Waals surface area contributed by atoms with Gasteiger partial charge in [-0.1, -0.05) is 27.7 Å². The van der Waals surface area contributed by atoms with Gasteiger partial charge in [-0.05, 0) is 67.2 Å². The number of methoxy groups -OCH3 is 8. The van der Waals surface area contributed by atoms with Crippen LogP contribution >= 0.6 is 0 Å². The topological polar surface area (TPSA) is 211 Å². The number of aliphatic hydroxyl groups excluding tert-OH is 2. The summed E-state index contributed by atoms with van der Waals surface area (Å²) in [4.78, 5) is 0. The predicted molar refractivity (Wildman–Crippen MR) is 261 cm³/mol. The van der Waals surface area contributed by atoms with E-state index in [9.17, 15) is 0 Å². The van der Waals surface area contributed by atoms with E-state index in [4.69, 9.17) is 81.3 Å². The van der Waals surface area contributed by atoms with E-state index in [-0.39, 0.29) is 56.3 Å². The molecule has 4 aliphatic heterocycles. The first kappa shape index (κ1) is 75.2. The first-order chi connectivity index (χ1) is 32.2. The van der Waals surface area contributed by atoms with Crippen LogP contribution in [-0.4, -0.2) is 234 Å². The van der Waals surface area contributed by atoms with Gasteiger partial charge in [-0.2, -0.15) is 0 Å². The largest absolute Gasteiger partial charge is 0.394 e. The highest BCUT2D eigenvalue weighted by molar-refractivity contribution is 4.67. The molecule has 67 heavy (non-hydrogen) atoms. The lowest BCUT2D eigenvalue weighted by atomic mass is 10.3. The minimum atomic E-state index is -0.126. The van der Waals surface area contributed by atoms with E-state index in [0.717, 1.165) is 65.3 Å². The van der Waals surface area contributed by atoms with Crippen LogP contribution in [0.4, 0.5) is 0 Å². The maximum Gasteiger partial charge on any atom is 0.154 e. The summed E-state index contributed by atoms with van der Waals surface area (Å²) >= 11 is 0. The molecule has 0 aromatic rings. The molecule has 10 unspecified atom stereocenters. The predicted octanol–water partition coefficient (Wildman–Crippen LogP) is 5.60. The van der Waals surface area contributed by atoms with E-state index in [2.05, 4.69) is 44.1 Å². The average Bonchev–Trinajstić information content (AvgIpc) is 4.11. The van der Waals surface area contributed by atoms with Gasteiger partial charge >= 0.3 is 0 Å². The van der Waals surface area contributed by atoms with Crippen LogP contribution < -0.4 is 0 Å². The maximum atomic E-state index is 8.40. The fourth-order valence-electron chi connectivity index (χ4n) is 3.65. The fourth-order valence-corrected chi connectivity index (χ4v) is 3.65. The zero-order chi connectivity index (χ0) is 51.9. The first-order valence-electron chi connectivity index (χ1n) is 24.0. The first-order valence-corrected chi connectivity index (χ1v) is 24.0. The van der Waals surface area contributed by atoms with Crippen molar-refractivity contribution in [2.24, 2.45) is 0 Å². The van der Waals surface area contributed by atoms with Crippen LogP contribution in [0.25, 0.3) is 0 Å². The minimum Gasteiger partial charge on any atom is -0.394 e. The van der Waals surface area contributed by atoms with Crippen molar-refractivity contribution in [1.82, 2.24) is 0 Å². The second-order valence-corrected chi connectivity index (χ2v) is 14.9. The number of epoxide rings is 4. The summed E-state index contributed by atoms with van der Waals surface area (Å²) in [6.45, 7) is 30.6. The standard InChI is InChI=1S/C10H22O5.C9H20O3.C7H14O3.C5H12O2.C5H12O.C4H10O.C3H6O2.C3H6O.C2H4O/c1-11-5-9(13-3)7-15-8-10(14-4)6-12-2;1-5-9(10-4)7-12-8(3)11-6-2;1-3-8-6(2)9-4-7-5-10-7;1-3-5(4-6)7-2;1-4-5(2)6-3;1-3-4-5-2;4-1-3-2-5-3;1-3-2-4-3;1-2-3-1/h9-10H,5-8H2,1-4H3;8-9H,5-7H2,1-4H3;6-7H,3-5H2,1-2H3;5-6H,3-4H2,1-2H3;5H,4H2,1-3H3;3-4H2,1-2H3;3-4H,1-2H2;3H,2H2,1H3;1-2H2. The lowest BCUT2D eigenvalue weighted by Gasteiger charge is -2.18. The molecule has 19 nitrogen and oxygen atoms in total. The number of hydrogen-bond acceptors (Lipinski definition) is 19. The maximum absolute atomic E-state index is 8.40. The zero-order valence-corrected chi connectivity index (χ0v) is 45.8. The summed E-state index contributed by atoms with van der Waals surface area (Å²) < 4.78 is 84.9. The Labute approximate surface area is 408 Å². The van der Waals surface area contributed by atoms with Crippen molar-refractivity contribution < 1.29 is 90.7 Å². The Kier molecular flexibility index (Phi) is 68.8. The van der Waals surface area contributed by atoms with Crippen molar-refractivity contribution in [2.45, 2.75) is 156 Å². The molecular formula is C48H106O19. The molecule has 412 valence electrons. The molecule has 4 heterocycles. The fraction of sp³-hybridized carbons (Fsp3) is 1.00. The van der Waals surface area contributed by atoms with E-state index >= 15 is 0 Å². The molecule has 4 aliphatic rings. The van der Waals surface area contributed by atoms with Gasteiger partial charge in [-0.3, -0.25) is 0 Å². The quantitative estimate of drug-likeness (QED) is 0.0663. The van der Waals surface area contributed by atoms with Gasteiger partial charge in [0.1, 0.15) is 24.4 Å². The van der Waals surface area contributed by atoms with Crippen molar-refractivity contribution in [1.29, 1.82) is 0 Å². The van der Waals surface area contributed by atoms with E-state index < -0.39 is 0 Å². The molecule has 0 aromatic carbocycles. The van der Waals surface area contributed by atoms with Gasteiger partial charge in [-0.25, -0.2) is 0 Å². The molecule has 4 rings (SSSR count). The molecule has 4 fully saturated rings. The molecule has 0 saturated carbocycles. The summed E-state index contributed by atoms with van der Waals surface area (Å²) in [5, 5.41) is 16.5. The van der Waals surface area contributed by atoms with Crippen molar-refractivity contribution in [2.75, 3.05) is 163 Å². The van der Waals surface area contributed by atoms with E-state index in [0.29, 0.717) is 71.2 Å². The van der Waals surface area contributed by atoms with Crippen molar-refractivity contribution in [3.8, 4) is 0 Å². The van der Waals surface area contributed by atoms with E-state index in [1.165, 1.54) is 0 Å².